The highest BCUT2D eigenvalue weighted by molar-refractivity contribution is 6.33. The van der Waals surface area contributed by atoms with Crippen molar-refractivity contribution in [1.29, 1.82) is 0 Å². The first kappa shape index (κ1) is 14.0. The highest BCUT2D eigenvalue weighted by atomic mass is 35.5. The van der Waals surface area contributed by atoms with Crippen LogP contribution in [0.15, 0.2) is 18.2 Å². The second-order valence-corrected chi connectivity index (χ2v) is 3.86. The number of hydrogen-bond acceptors (Lipinski definition) is 3. The topological polar surface area (TPSA) is 95.5 Å². The molecule has 3 N–H and O–H groups in total. The lowest BCUT2D eigenvalue weighted by molar-refractivity contribution is -0.122. The average Bonchev–Trinajstić information content (AvgIpc) is 2.26. The highest BCUT2D eigenvalue weighted by Gasteiger charge is 2.10. The van der Waals surface area contributed by atoms with Crippen molar-refractivity contribution < 1.29 is 19.5 Å². The Morgan fingerprint density at radius 3 is 2.50 bits per heavy atom. The number of nitrogens with one attached hydrogen (secondary N) is 2. The minimum atomic E-state index is -1.14. The van der Waals surface area contributed by atoms with Gasteiger partial charge in [0.15, 0.2) is 0 Å². The van der Waals surface area contributed by atoms with E-state index in [1.165, 1.54) is 25.1 Å². The van der Waals surface area contributed by atoms with E-state index in [0.717, 1.165) is 0 Å². The van der Waals surface area contributed by atoms with Crippen LogP contribution < -0.4 is 10.6 Å². The van der Waals surface area contributed by atoms with Crippen LogP contribution in [0.2, 0.25) is 5.02 Å². The molecule has 0 aromatic heterocycles. The zero-order valence-electron chi connectivity index (χ0n) is 9.49. The number of carbonyl (C=O) groups is 3. The quantitative estimate of drug-likeness (QED) is 0.764. The molecule has 0 atom stereocenters. The van der Waals surface area contributed by atoms with Crippen molar-refractivity contribution in [2.24, 2.45) is 0 Å². The van der Waals surface area contributed by atoms with Crippen LogP contribution in [0, 0.1) is 0 Å². The molecule has 0 heterocycles. The van der Waals surface area contributed by atoms with Crippen molar-refractivity contribution in [3.8, 4) is 0 Å². The van der Waals surface area contributed by atoms with Crippen LogP contribution in [0.5, 0.6) is 0 Å². The van der Waals surface area contributed by atoms with Gasteiger partial charge >= 0.3 is 5.97 Å². The number of hydrogen-bond donors (Lipinski definition) is 3. The summed E-state index contributed by atoms with van der Waals surface area (Å²) in [6.45, 7) is 1.14. The van der Waals surface area contributed by atoms with Gasteiger partial charge in [0.1, 0.15) is 0 Å². The van der Waals surface area contributed by atoms with Gasteiger partial charge in [0.05, 0.1) is 17.1 Å². The fourth-order valence-corrected chi connectivity index (χ4v) is 1.44. The molecule has 2 amide bonds. The number of anilines is 1. The van der Waals surface area contributed by atoms with Crippen LogP contribution in [0.1, 0.15) is 17.3 Å². The molecule has 96 valence electrons. The van der Waals surface area contributed by atoms with Gasteiger partial charge in [-0.2, -0.15) is 0 Å². The molecule has 0 aliphatic carbocycles. The predicted molar refractivity (Wildman–Crippen MR) is 65.7 cm³/mol. The van der Waals surface area contributed by atoms with Gasteiger partial charge in [0, 0.05) is 12.6 Å². The molecule has 0 radical (unpaired) electrons. The zero-order valence-corrected chi connectivity index (χ0v) is 10.2. The number of benzene rings is 1. The third kappa shape index (κ3) is 4.06. The molecule has 7 heteroatoms. The van der Waals surface area contributed by atoms with E-state index in [1.54, 1.807) is 0 Å². The van der Waals surface area contributed by atoms with Crippen molar-refractivity contribution in [1.82, 2.24) is 5.32 Å². The van der Waals surface area contributed by atoms with E-state index >= 15 is 0 Å². The zero-order chi connectivity index (χ0) is 13.7. The summed E-state index contributed by atoms with van der Waals surface area (Å²) in [5, 5.41) is 13.6. The number of carboxylic acids is 1. The third-order valence-electron chi connectivity index (χ3n) is 1.98. The van der Waals surface area contributed by atoms with Gasteiger partial charge in [0.2, 0.25) is 11.8 Å². The van der Waals surface area contributed by atoms with Crippen molar-refractivity contribution in [3.63, 3.8) is 0 Å². The average molecular weight is 271 g/mol. The summed E-state index contributed by atoms with van der Waals surface area (Å²) in [5.74, 6) is -1.88. The fraction of sp³-hybridized carbons (Fsp3) is 0.182. The molecule has 0 saturated heterocycles. The minimum absolute atomic E-state index is 0.0276. The Labute approximate surface area is 108 Å². The van der Waals surface area contributed by atoms with E-state index in [0.29, 0.717) is 5.69 Å². The Hall–Kier alpha value is -2.08. The first-order chi connectivity index (χ1) is 8.40. The lowest BCUT2D eigenvalue weighted by atomic mass is 10.2. The van der Waals surface area contributed by atoms with Gasteiger partial charge in [-0.15, -0.1) is 0 Å². The third-order valence-corrected chi connectivity index (χ3v) is 2.29. The molecule has 1 rings (SSSR count). The van der Waals surface area contributed by atoms with Crippen LogP contribution in [-0.4, -0.2) is 29.4 Å². The molecule has 0 aliphatic heterocycles. The fourth-order valence-electron chi connectivity index (χ4n) is 1.18. The first-order valence-electron chi connectivity index (χ1n) is 4.97. The van der Waals surface area contributed by atoms with Crippen molar-refractivity contribution >= 4 is 35.1 Å². The molecule has 6 nitrogen and oxygen atoms in total. The number of halogens is 1. The van der Waals surface area contributed by atoms with E-state index in [2.05, 4.69) is 10.6 Å². The van der Waals surface area contributed by atoms with Crippen LogP contribution >= 0.6 is 11.6 Å². The molecule has 0 saturated carbocycles. The normalized spacial score (nSPS) is 9.67. The Bertz CT molecular complexity index is 502. The number of carboxylic acid groups (broad SMARTS) is 1. The van der Waals surface area contributed by atoms with Gasteiger partial charge in [-0.1, -0.05) is 11.6 Å². The Morgan fingerprint density at radius 2 is 2.00 bits per heavy atom. The second-order valence-electron chi connectivity index (χ2n) is 3.46. The van der Waals surface area contributed by atoms with E-state index in [-0.39, 0.29) is 23.0 Å². The largest absolute Gasteiger partial charge is 0.478 e. The Morgan fingerprint density at radius 1 is 1.33 bits per heavy atom. The van der Waals surface area contributed by atoms with E-state index in [1.807, 2.05) is 0 Å². The summed E-state index contributed by atoms with van der Waals surface area (Å²) in [5.41, 5.74) is 0.317. The molecule has 0 spiro atoms. The standard InChI is InChI=1S/C11H11ClN2O4/c1-6(15)13-5-10(16)14-7-2-3-8(11(17)18)9(12)4-7/h2-4H,5H2,1H3,(H,13,15)(H,14,16)(H,17,18). The SMILES string of the molecule is CC(=O)NCC(=O)Nc1ccc(C(=O)O)c(Cl)c1. The summed E-state index contributed by atoms with van der Waals surface area (Å²) in [6, 6.07) is 4.04. The minimum Gasteiger partial charge on any atom is -0.478 e. The van der Waals surface area contributed by atoms with Crippen molar-refractivity contribution in [3.05, 3.63) is 28.8 Å². The molecule has 0 fully saturated rings. The number of rotatable bonds is 4. The molecule has 0 aliphatic rings. The van der Waals surface area contributed by atoms with Gasteiger partial charge in [-0.3, -0.25) is 9.59 Å². The molecule has 1 aromatic carbocycles. The van der Waals surface area contributed by atoms with Gasteiger partial charge in [0.25, 0.3) is 0 Å². The second kappa shape index (κ2) is 6.02. The van der Waals surface area contributed by atoms with Crippen molar-refractivity contribution in [2.45, 2.75) is 6.92 Å². The summed E-state index contributed by atoms with van der Waals surface area (Å²) >= 11 is 5.73. The smallest absolute Gasteiger partial charge is 0.337 e. The first-order valence-corrected chi connectivity index (χ1v) is 5.35. The maximum Gasteiger partial charge on any atom is 0.337 e. The maximum absolute atomic E-state index is 11.4. The molecule has 0 unspecified atom stereocenters. The van der Waals surface area contributed by atoms with Crippen LogP contribution in [-0.2, 0) is 9.59 Å². The summed E-state index contributed by atoms with van der Waals surface area (Å²) in [6.07, 6.45) is 0. The van der Waals surface area contributed by atoms with Gasteiger partial charge in [-0.05, 0) is 18.2 Å². The lowest BCUT2D eigenvalue weighted by Crippen LogP contribution is -2.31. The molecular formula is C11H11ClN2O4. The Balaban J connectivity index is 2.69. The van der Waals surface area contributed by atoms with Gasteiger partial charge < -0.3 is 15.7 Å². The summed E-state index contributed by atoms with van der Waals surface area (Å²) in [7, 11) is 0. The van der Waals surface area contributed by atoms with Gasteiger partial charge in [-0.25, -0.2) is 4.79 Å². The van der Waals surface area contributed by atoms with E-state index in [4.69, 9.17) is 16.7 Å². The number of aromatic carboxylic acids is 1. The maximum atomic E-state index is 11.4. The molecule has 0 bridgehead atoms. The number of amides is 2. The monoisotopic (exact) mass is 270 g/mol. The summed E-state index contributed by atoms with van der Waals surface area (Å²) in [4.78, 5) is 32.7. The lowest BCUT2D eigenvalue weighted by Gasteiger charge is -2.07. The Kier molecular flexibility index (Phi) is 4.67. The van der Waals surface area contributed by atoms with Crippen molar-refractivity contribution in [2.75, 3.05) is 11.9 Å². The van der Waals surface area contributed by atoms with E-state index < -0.39 is 11.9 Å². The van der Waals surface area contributed by atoms with Crippen LogP contribution in [0.3, 0.4) is 0 Å². The molecule has 1 aromatic rings. The van der Waals surface area contributed by atoms with Crippen LogP contribution in [0.25, 0.3) is 0 Å². The number of carbonyl (C=O) groups excluding carboxylic acids is 2. The molecular weight excluding hydrogens is 260 g/mol. The predicted octanol–water partition coefficient (Wildman–Crippen LogP) is 1.11. The summed E-state index contributed by atoms with van der Waals surface area (Å²) < 4.78 is 0. The molecule has 18 heavy (non-hydrogen) atoms. The highest BCUT2D eigenvalue weighted by Crippen LogP contribution is 2.20. The van der Waals surface area contributed by atoms with Crippen LogP contribution in [0.4, 0.5) is 5.69 Å². The van der Waals surface area contributed by atoms with E-state index in [9.17, 15) is 14.4 Å².